The molecule has 1 heterocycles. The molecule has 19 heavy (non-hydrogen) atoms. The molecule has 0 bridgehead atoms. The third-order valence-corrected chi connectivity index (χ3v) is 4.64. The van der Waals surface area contributed by atoms with Gasteiger partial charge in [-0.2, -0.15) is 0 Å². The summed E-state index contributed by atoms with van der Waals surface area (Å²) in [6.45, 7) is 2.07. The van der Waals surface area contributed by atoms with E-state index in [4.69, 9.17) is 0 Å². The van der Waals surface area contributed by atoms with Crippen molar-refractivity contribution in [3.05, 3.63) is 50.6 Å². The van der Waals surface area contributed by atoms with Crippen LogP contribution in [0, 0.1) is 0 Å². The SMILES string of the molecule is CC(c1cccs1)N(C)c1cc(Br)ccc1C(=O)O. The second kappa shape index (κ2) is 5.75. The van der Waals surface area contributed by atoms with E-state index in [1.54, 1.807) is 23.5 Å². The average Bonchev–Trinajstić information content (AvgIpc) is 2.90. The molecule has 0 saturated carbocycles. The van der Waals surface area contributed by atoms with Gasteiger partial charge in [-0.3, -0.25) is 0 Å². The summed E-state index contributed by atoms with van der Waals surface area (Å²) in [5.74, 6) is -0.910. The van der Waals surface area contributed by atoms with Gasteiger partial charge in [0.25, 0.3) is 0 Å². The number of thiophene rings is 1. The second-order valence-corrected chi connectivity index (χ2v) is 6.16. The molecule has 1 atom stereocenters. The lowest BCUT2D eigenvalue weighted by molar-refractivity contribution is 0.0697. The maximum Gasteiger partial charge on any atom is 0.337 e. The lowest BCUT2D eigenvalue weighted by atomic mass is 10.1. The fourth-order valence-electron chi connectivity index (χ4n) is 1.91. The zero-order valence-electron chi connectivity index (χ0n) is 10.6. The number of benzene rings is 1. The Bertz CT molecular complexity index is 583. The summed E-state index contributed by atoms with van der Waals surface area (Å²) in [5, 5.41) is 11.3. The summed E-state index contributed by atoms with van der Waals surface area (Å²) in [5.41, 5.74) is 1.02. The van der Waals surface area contributed by atoms with Crippen LogP contribution >= 0.6 is 27.3 Å². The van der Waals surface area contributed by atoms with Crippen molar-refractivity contribution in [1.29, 1.82) is 0 Å². The molecule has 1 N–H and O–H groups in total. The number of carbonyl (C=O) groups is 1. The molecule has 1 unspecified atom stereocenters. The van der Waals surface area contributed by atoms with Crippen LogP contribution in [0.5, 0.6) is 0 Å². The Labute approximate surface area is 124 Å². The number of rotatable bonds is 4. The average molecular weight is 340 g/mol. The summed E-state index contributed by atoms with van der Waals surface area (Å²) in [7, 11) is 1.92. The maximum absolute atomic E-state index is 11.3. The third kappa shape index (κ3) is 2.98. The number of aromatic carboxylic acids is 1. The van der Waals surface area contributed by atoms with E-state index in [9.17, 15) is 9.90 Å². The van der Waals surface area contributed by atoms with Gasteiger partial charge in [0.05, 0.1) is 17.3 Å². The van der Waals surface area contributed by atoms with Gasteiger partial charge in [0, 0.05) is 16.4 Å². The Balaban J connectivity index is 2.40. The molecule has 1 aromatic heterocycles. The van der Waals surface area contributed by atoms with Crippen LogP contribution in [0.15, 0.2) is 40.2 Å². The molecule has 3 nitrogen and oxygen atoms in total. The molecule has 0 saturated heterocycles. The van der Waals surface area contributed by atoms with Gasteiger partial charge >= 0.3 is 5.97 Å². The lowest BCUT2D eigenvalue weighted by Crippen LogP contribution is -2.23. The fraction of sp³-hybridized carbons (Fsp3) is 0.214. The van der Waals surface area contributed by atoms with Crippen LogP contribution < -0.4 is 4.90 Å². The number of hydrogen-bond acceptors (Lipinski definition) is 3. The Hall–Kier alpha value is -1.33. The number of anilines is 1. The molecule has 0 spiro atoms. The first-order chi connectivity index (χ1) is 9.00. The molecule has 2 rings (SSSR count). The highest BCUT2D eigenvalue weighted by atomic mass is 79.9. The highest BCUT2D eigenvalue weighted by Crippen LogP contribution is 2.32. The van der Waals surface area contributed by atoms with Crippen molar-refractivity contribution in [2.24, 2.45) is 0 Å². The third-order valence-electron chi connectivity index (χ3n) is 3.11. The highest BCUT2D eigenvalue weighted by Gasteiger charge is 2.19. The van der Waals surface area contributed by atoms with Crippen molar-refractivity contribution in [3.8, 4) is 0 Å². The van der Waals surface area contributed by atoms with Crippen molar-refractivity contribution in [3.63, 3.8) is 0 Å². The molecule has 0 radical (unpaired) electrons. The highest BCUT2D eigenvalue weighted by molar-refractivity contribution is 9.10. The minimum Gasteiger partial charge on any atom is -0.478 e. The first-order valence-corrected chi connectivity index (χ1v) is 7.47. The zero-order valence-corrected chi connectivity index (χ0v) is 13.0. The predicted octanol–water partition coefficient (Wildman–Crippen LogP) is 4.41. The van der Waals surface area contributed by atoms with Crippen molar-refractivity contribution in [1.82, 2.24) is 0 Å². The summed E-state index contributed by atoms with van der Waals surface area (Å²) in [6.07, 6.45) is 0. The van der Waals surface area contributed by atoms with Gasteiger partial charge in [-0.15, -0.1) is 11.3 Å². The minimum atomic E-state index is -0.910. The van der Waals surface area contributed by atoms with E-state index in [1.807, 2.05) is 29.5 Å². The van der Waals surface area contributed by atoms with E-state index in [0.717, 1.165) is 4.47 Å². The molecule has 0 aliphatic rings. The van der Waals surface area contributed by atoms with E-state index < -0.39 is 5.97 Å². The molecule has 0 aliphatic carbocycles. The molecule has 2 aromatic rings. The van der Waals surface area contributed by atoms with E-state index >= 15 is 0 Å². The molecule has 0 amide bonds. The Kier molecular flexibility index (Phi) is 4.27. The summed E-state index contributed by atoms with van der Waals surface area (Å²) in [6, 6.07) is 9.41. The Morgan fingerprint density at radius 3 is 2.74 bits per heavy atom. The standard InChI is InChI=1S/C14H14BrNO2S/c1-9(13-4-3-7-19-13)16(2)12-8-10(15)5-6-11(12)14(17)18/h3-9H,1-2H3,(H,17,18). The normalized spacial score (nSPS) is 12.2. The van der Waals surface area contributed by atoms with E-state index in [0.29, 0.717) is 11.3 Å². The van der Waals surface area contributed by atoms with Crippen molar-refractivity contribution >= 4 is 38.9 Å². The molecule has 0 aliphatic heterocycles. The molecule has 100 valence electrons. The largest absolute Gasteiger partial charge is 0.478 e. The summed E-state index contributed by atoms with van der Waals surface area (Å²) in [4.78, 5) is 14.5. The molecule has 1 aromatic carbocycles. The number of hydrogen-bond donors (Lipinski definition) is 1. The van der Waals surface area contributed by atoms with Gasteiger partial charge in [-0.25, -0.2) is 4.79 Å². The van der Waals surface area contributed by atoms with Gasteiger partial charge in [-0.05, 0) is 36.6 Å². The van der Waals surface area contributed by atoms with Crippen molar-refractivity contribution in [2.75, 3.05) is 11.9 Å². The van der Waals surface area contributed by atoms with Gasteiger partial charge in [-0.1, -0.05) is 22.0 Å². The van der Waals surface area contributed by atoms with Crippen LogP contribution in [0.25, 0.3) is 0 Å². The maximum atomic E-state index is 11.3. The van der Waals surface area contributed by atoms with Gasteiger partial charge in [0.2, 0.25) is 0 Å². The number of nitrogens with zero attached hydrogens (tertiary/aromatic N) is 1. The second-order valence-electron chi connectivity index (χ2n) is 4.27. The number of carboxylic acids is 1. The van der Waals surface area contributed by atoms with Crippen LogP contribution in [0.2, 0.25) is 0 Å². The zero-order chi connectivity index (χ0) is 14.0. The fourth-order valence-corrected chi connectivity index (χ4v) is 3.08. The monoisotopic (exact) mass is 339 g/mol. The van der Waals surface area contributed by atoms with Crippen LogP contribution in [0.1, 0.15) is 28.2 Å². The Morgan fingerprint density at radius 1 is 1.42 bits per heavy atom. The first-order valence-electron chi connectivity index (χ1n) is 5.79. The van der Waals surface area contributed by atoms with Crippen LogP contribution in [0.4, 0.5) is 5.69 Å². The molecular formula is C14H14BrNO2S. The van der Waals surface area contributed by atoms with Crippen LogP contribution in [-0.4, -0.2) is 18.1 Å². The van der Waals surface area contributed by atoms with Crippen LogP contribution in [0.3, 0.4) is 0 Å². The van der Waals surface area contributed by atoms with E-state index in [-0.39, 0.29) is 6.04 Å². The molecular weight excluding hydrogens is 326 g/mol. The van der Waals surface area contributed by atoms with E-state index in [2.05, 4.69) is 28.9 Å². The van der Waals surface area contributed by atoms with Crippen molar-refractivity contribution < 1.29 is 9.90 Å². The van der Waals surface area contributed by atoms with Gasteiger partial charge in [0.15, 0.2) is 0 Å². The molecule has 0 fully saturated rings. The topological polar surface area (TPSA) is 40.5 Å². The first kappa shape index (κ1) is 14.1. The summed E-state index contributed by atoms with van der Waals surface area (Å²) >= 11 is 5.07. The number of halogens is 1. The summed E-state index contributed by atoms with van der Waals surface area (Å²) < 4.78 is 0.873. The lowest BCUT2D eigenvalue weighted by Gasteiger charge is -2.27. The minimum absolute atomic E-state index is 0.132. The quantitative estimate of drug-likeness (QED) is 0.896. The van der Waals surface area contributed by atoms with Crippen LogP contribution in [-0.2, 0) is 0 Å². The number of carboxylic acid groups (broad SMARTS) is 1. The smallest absolute Gasteiger partial charge is 0.337 e. The van der Waals surface area contributed by atoms with E-state index in [1.165, 1.54) is 4.88 Å². The van der Waals surface area contributed by atoms with Gasteiger partial charge < -0.3 is 10.0 Å². The predicted molar refractivity (Wildman–Crippen MR) is 82.2 cm³/mol. The molecule has 5 heteroatoms. The Morgan fingerprint density at radius 2 is 2.16 bits per heavy atom. The van der Waals surface area contributed by atoms with Gasteiger partial charge in [0.1, 0.15) is 0 Å². The van der Waals surface area contributed by atoms with Crippen molar-refractivity contribution in [2.45, 2.75) is 13.0 Å².